The van der Waals surface area contributed by atoms with E-state index in [0.29, 0.717) is 0 Å². The molecular weight excluding hydrogens is 290 g/mol. The van der Waals surface area contributed by atoms with Gasteiger partial charge < -0.3 is 0 Å². The van der Waals surface area contributed by atoms with E-state index in [0.717, 1.165) is 7.11 Å². The molecule has 8 nitrogen and oxygen atoms in total. The fraction of sp³-hybridized carbons (Fsp3) is 1.00. The van der Waals surface area contributed by atoms with Crippen LogP contribution in [0.1, 0.15) is 0 Å². The molecule has 0 aliphatic rings. The Morgan fingerprint density at radius 2 is 1.09 bits per heavy atom. The average Bonchev–Trinajstić information content (AvgIpc) is 1.59. The Bertz CT molecular complexity index is 164. The van der Waals surface area contributed by atoms with Crippen LogP contribution < -0.4 is 0 Å². The summed E-state index contributed by atoms with van der Waals surface area (Å²) in [6.07, 6.45) is 0. The van der Waals surface area contributed by atoms with E-state index in [1.165, 1.54) is 0 Å². The number of hydrogen-bond acceptors (Lipinski definition) is 3. The van der Waals surface area contributed by atoms with E-state index in [-0.39, 0.29) is 0 Å². The monoisotopic (exact) mass is 298 g/mol. The Balaban J connectivity index is 0. The molecule has 0 saturated carbocycles. The predicted octanol–water partition coefficient (Wildman–Crippen LogP) is -3.69. The van der Waals surface area contributed by atoms with Crippen LogP contribution in [0, 0.1) is 0 Å². The van der Waals surface area contributed by atoms with Crippen molar-refractivity contribution >= 4 is 29.0 Å². The molecule has 0 aromatic carbocycles. The van der Waals surface area contributed by atoms with Crippen molar-refractivity contribution in [2.45, 2.75) is 0 Å². The molecule has 0 heterocycles. The molecule has 10 heteroatoms. The Labute approximate surface area is 68.1 Å². The van der Waals surface area contributed by atoms with Gasteiger partial charge in [-0.25, -0.2) is 0 Å². The molecule has 0 amide bonds. The van der Waals surface area contributed by atoms with E-state index in [1.807, 2.05) is 0 Å². The van der Waals surface area contributed by atoms with Gasteiger partial charge in [-0.05, 0) is 0 Å². The second-order valence-electron chi connectivity index (χ2n) is 1.19. The second-order valence-corrected chi connectivity index (χ2v) is 6.16. The van der Waals surface area contributed by atoms with Gasteiger partial charge in [0, 0.05) is 0 Å². The summed E-state index contributed by atoms with van der Waals surface area (Å²) in [5, 5.41) is 0. The molecule has 0 aromatic heterocycles. The van der Waals surface area contributed by atoms with E-state index in [9.17, 15) is 3.74 Å². The van der Waals surface area contributed by atoms with Crippen LogP contribution in [0.3, 0.4) is 0 Å². The first kappa shape index (κ1) is 14.0. The van der Waals surface area contributed by atoms with Crippen molar-refractivity contribution < 1.29 is 31.7 Å². The van der Waals surface area contributed by atoms with Crippen LogP contribution in [-0.2, 0) is 11.2 Å². The molecule has 0 saturated heterocycles. The van der Waals surface area contributed by atoms with Crippen LogP contribution in [0.4, 0.5) is 0 Å². The van der Waals surface area contributed by atoms with Gasteiger partial charge in [0.1, 0.15) is 0 Å². The van der Waals surface area contributed by atoms with Crippen LogP contribution in [0.15, 0.2) is 0 Å². The SMILES string of the molecule is CO[As](=O)(O)O.O=[As](O)(O)O. The van der Waals surface area contributed by atoms with Gasteiger partial charge in [-0.1, -0.05) is 0 Å². The predicted molar refractivity (Wildman–Crippen MR) is 31.0 cm³/mol. The van der Waals surface area contributed by atoms with Crippen molar-refractivity contribution in [3.63, 3.8) is 0 Å². The van der Waals surface area contributed by atoms with E-state index < -0.39 is 29.0 Å². The van der Waals surface area contributed by atoms with Gasteiger partial charge in [0.15, 0.2) is 0 Å². The summed E-state index contributed by atoms with van der Waals surface area (Å²) in [6.45, 7) is 0. The topological polar surface area (TPSA) is 145 Å². The zero-order chi connectivity index (χ0) is 9.71. The van der Waals surface area contributed by atoms with E-state index >= 15 is 0 Å². The molecule has 0 aliphatic carbocycles. The Morgan fingerprint density at radius 3 is 1.09 bits per heavy atom. The fourth-order valence-corrected chi connectivity index (χ4v) is 0. The summed E-state index contributed by atoms with van der Waals surface area (Å²) in [4.78, 5) is 0. The number of hydrogen-bond donors (Lipinski definition) is 5. The molecule has 0 aliphatic heterocycles. The first-order valence-corrected chi connectivity index (χ1v) is 8.45. The number of rotatable bonds is 1. The van der Waals surface area contributed by atoms with E-state index in [1.54, 1.807) is 0 Å². The van der Waals surface area contributed by atoms with Crippen LogP contribution >= 0.6 is 0 Å². The minimum atomic E-state index is -5.12. The summed E-state index contributed by atoms with van der Waals surface area (Å²) in [5.74, 6) is 0. The van der Waals surface area contributed by atoms with Crippen LogP contribution in [0.25, 0.3) is 0 Å². The van der Waals surface area contributed by atoms with E-state index in [4.69, 9.17) is 24.2 Å². The third kappa shape index (κ3) is 62.3. The molecule has 70 valence electrons. The van der Waals surface area contributed by atoms with E-state index in [2.05, 4.69) is 3.73 Å². The Hall–Kier alpha value is 0.477. The second kappa shape index (κ2) is 5.18. The van der Waals surface area contributed by atoms with Gasteiger partial charge in [-0.2, -0.15) is 0 Å². The summed E-state index contributed by atoms with van der Waals surface area (Å²) in [6, 6.07) is 0. The molecule has 0 aromatic rings. The zero-order valence-electron chi connectivity index (χ0n) is 5.36. The minimum absolute atomic E-state index is 0.972. The van der Waals surface area contributed by atoms with Crippen molar-refractivity contribution in [3.8, 4) is 0 Å². The summed E-state index contributed by atoms with van der Waals surface area (Å²) in [7, 11) is 0.972. The quantitative estimate of drug-likeness (QED) is 0.311. The third-order valence-corrected chi connectivity index (χ3v) is 1.24. The van der Waals surface area contributed by atoms with Crippen LogP contribution in [0.2, 0.25) is 0 Å². The van der Waals surface area contributed by atoms with Gasteiger partial charge in [0.25, 0.3) is 0 Å². The Kier molecular flexibility index (Phi) is 6.61. The molecule has 0 fully saturated rings. The van der Waals surface area contributed by atoms with Gasteiger partial charge in [0.05, 0.1) is 0 Å². The molecule has 0 unspecified atom stereocenters. The van der Waals surface area contributed by atoms with Crippen LogP contribution in [0.5, 0.6) is 0 Å². The molecule has 0 bridgehead atoms. The Morgan fingerprint density at radius 1 is 1.00 bits per heavy atom. The summed E-state index contributed by atoms with van der Waals surface area (Å²) >= 11 is -9.78. The molecule has 0 radical (unpaired) electrons. The summed E-state index contributed by atoms with van der Waals surface area (Å²) in [5.41, 5.74) is 0. The van der Waals surface area contributed by atoms with Crippen molar-refractivity contribution in [1.29, 1.82) is 0 Å². The van der Waals surface area contributed by atoms with Crippen molar-refractivity contribution in [2.24, 2.45) is 0 Å². The van der Waals surface area contributed by atoms with Crippen LogP contribution in [-0.4, -0.2) is 56.6 Å². The normalized spacial score (nSPS) is 11.8. The molecule has 11 heavy (non-hydrogen) atoms. The van der Waals surface area contributed by atoms with Crippen molar-refractivity contribution in [2.75, 3.05) is 7.11 Å². The van der Waals surface area contributed by atoms with Gasteiger partial charge in [-0.3, -0.25) is 0 Å². The first-order chi connectivity index (χ1) is 4.56. The van der Waals surface area contributed by atoms with Gasteiger partial charge in [-0.15, -0.1) is 0 Å². The molecule has 5 N–H and O–H groups in total. The summed E-state index contributed by atoms with van der Waals surface area (Å²) < 4.78 is 59.4. The molecule has 0 atom stereocenters. The third-order valence-electron chi connectivity index (χ3n) is 0.238. The standard InChI is InChI=1S/CH5AsO4.AsH3O4/c1-6-2(3,4)5;2-1(3,4)5/h1H3,(H2,3,4,5);(H3,2,3,4,5). The fourth-order valence-electron chi connectivity index (χ4n) is 0. The molecular formula is CH8As2O8. The van der Waals surface area contributed by atoms with Crippen molar-refractivity contribution in [1.82, 2.24) is 0 Å². The zero-order valence-corrected chi connectivity index (χ0v) is 9.11. The van der Waals surface area contributed by atoms with Crippen molar-refractivity contribution in [3.05, 3.63) is 0 Å². The molecule has 0 spiro atoms. The maximum atomic E-state index is 9.53. The van der Waals surface area contributed by atoms with Gasteiger partial charge in [0.2, 0.25) is 0 Å². The maximum absolute atomic E-state index is 9.53. The van der Waals surface area contributed by atoms with Gasteiger partial charge >= 0.3 is 67.8 Å². The average molecular weight is 298 g/mol. The molecule has 0 rings (SSSR count). The first-order valence-electron chi connectivity index (χ1n) is 1.96.